The zero-order valence-corrected chi connectivity index (χ0v) is 21.5. The molecule has 0 radical (unpaired) electrons. The fourth-order valence-electron chi connectivity index (χ4n) is 3.20. The summed E-state index contributed by atoms with van der Waals surface area (Å²) in [5.74, 6) is -5.63. The van der Waals surface area contributed by atoms with Crippen LogP contribution in [0.15, 0.2) is 91.0 Å². The van der Waals surface area contributed by atoms with E-state index in [9.17, 15) is 34.5 Å². The number of benzene rings is 3. The molecule has 0 amide bonds. The summed E-state index contributed by atoms with van der Waals surface area (Å²) < 4.78 is 9.52. The second-order valence-electron chi connectivity index (χ2n) is 8.53. The van der Waals surface area contributed by atoms with Crippen LogP contribution in [0.25, 0.3) is 0 Å². The maximum Gasteiger partial charge on any atom is 0.349 e. The number of carbonyl (C=O) groups excluding carboxylic acids is 2. The van der Waals surface area contributed by atoms with Gasteiger partial charge < -0.3 is 24.8 Å². The molecule has 0 saturated heterocycles. The topological polar surface area (TPSA) is 151 Å². The molecule has 3 aromatic carbocycles. The van der Waals surface area contributed by atoms with Crippen molar-refractivity contribution in [3.63, 3.8) is 0 Å². The molecular formula is C29H31NO9. The second kappa shape index (κ2) is 15.7. The highest BCUT2D eigenvalue weighted by molar-refractivity contribution is 5.95. The Labute approximate surface area is 226 Å². The number of hydrogen-bond acceptors (Lipinski definition) is 8. The van der Waals surface area contributed by atoms with Crippen LogP contribution in [-0.4, -0.2) is 76.6 Å². The van der Waals surface area contributed by atoms with Gasteiger partial charge in [0.15, 0.2) is 0 Å². The van der Waals surface area contributed by atoms with E-state index in [-0.39, 0.29) is 17.4 Å². The van der Waals surface area contributed by atoms with Gasteiger partial charge in [-0.25, -0.2) is 19.2 Å². The monoisotopic (exact) mass is 537 g/mol. The van der Waals surface area contributed by atoms with E-state index in [1.807, 2.05) is 37.2 Å². The first kappa shape index (κ1) is 30.7. The molecule has 3 N–H and O–H groups in total. The minimum atomic E-state index is -2.21. The van der Waals surface area contributed by atoms with Gasteiger partial charge >= 0.3 is 23.9 Å². The van der Waals surface area contributed by atoms with Crippen molar-refractivity contribution in [2.75, 3.05) is 14.1 Å². The van der Waals surface area contributed by atoms with Crippen LogP contribution in [0.3, 0.4) is 0 Å². The number of nitrogens with zero attached hydrogens (tertiary/aromatic N) is 1. The average molecular weight is 538 g/mol. The van der Waals surface area contributed by atoms with Gasteiger partial charge in [0.2, 0.25) is 12.2 Å². The molecule has 0 aromatic heterocycles. The SMILES string of the molecule is CN(C)C(O)CCc1ccccc1.O=C(OC(C(=O)O)C(OC(=O)c1ccccc1)C(=O)O)c1ccccc1. The van der Waals surface area contributed by atoms with Gasteiger partial charge in [-0.15, -0.1) is 0 Å². The van der Waals surface area contributed by atoms with Crippen LogP contribution in [0.1, 0.15) is 32.7 Å². The standard InChI is InChI=1S/C18H14O8.C11H17NO/c19-15(20)13(25-17(23)11-7-3-1-4-8-11)14(16(21)22)26-18(24)12-9-5-2-6-10-12;1-12(2)11(13)9-8-10-6-4-3-5-7-10/h1-10,13-14H,(H,19,20)(H,21,22);3-7,11,13H,8-9H2,1-2H3. The Morgan fingerprint density at radius 1 is 0.667 bits per heavy atom. The first-order valence-corrected chi connectivity index (χ1v) is 12.0. The Kier molecular flexibility index (Phi) is 12.3. The van der Waals surface area contributed by atoms with E-state index in [1.54, 1.807) is 12.1 Å². The molecule has 0 saturated carbocycles. The molecule has 3 atom stereocenters. The summed E-state index contributed by atoms with van der Waals surface area (Å²) in [7, 11) is 3.77. The van der Waals surface area contributed by atoms with E-state index >= 15 is 0 Å². The maximum absolute atomic E-state index is 12.0. The number of carboxylic acid groups (broad SMARTS) is 2. The highest BCUT2D eigenvalue weighted by Crippen LogP contribution is 2.13. The number of rotatable bonds is 11. The Bertz CT molecular complexity index is 1130. The van der Waals surface area contributed by atoms with Crippen LogP contribution in [-0.2, 0) is 25.5 Å². The average Bonchev–Trinajstić information content (AvgIpc) is 2.94. The number of ether oxygens (including phenoxy) is 2. The van der Waals surface area contributed by atoms with Crippen molar-refractivity contribution < 1.29 is 44.0 Å². The molecule has 3 rings (SSSR count). The third-order valence-corrected chi connectivity index (χ3v) is 5.38. The molecule has 206 valence electrons. The second-order valence-corrected chi connectivity index (χ2v) is 8.53. The lowest BCUT2D eigenvalue weighted by molar-refractivity contribution is -0.166. The fraction of sp³-hybridized carbons (Fsp3) is 0.241. The van der Waals surface area contributed by atoms with Crippen molar-refractivity contribution >= 4 is 23.9 Å². The highest BCUT2D eigenvalue weighted by Gasteiger charge is 2.41. The number of carbonyl (C=O) groups is 4. The maximum atomic E-state index is 12.0. The van der Waals surface area contributed by atoms with Crippen LogP contribution in [0, 0.1) is 0 Å². The summed E-state index contributed by atoms with van der Waals surface area (Å²) in [6, 6.07) is 25.1. The van der Waals surface area contributed by atoms with Crippen LogP contribution in [0.5, 0.6) is 0 Å². The number of aliphatic carboxylic acids is 2. The summed E-state index contributed by atoms with van der Waals surface area (Å²) in [6.45, 7) is 0. The lowest BCUT2D eigenvalue weighted by Crippen LogP contribution is -2.45. The molecule has 3 unspecified atom stereocenters. The van der Waals surface area contributed by atoms with Crippen molar-refractivity contribution in [1.82, 2.24) is 4.90 Å². The Morgan fingerprint density at radius 2 is 1.03 bits per heavy atom. The first-order valence-electron chi connectivity index (χ1n) is 12.0. The third kappa shape index (κ3) is 10.4. The summed E-state index contributed by atoms with van der Waals surface area (Å²) in [6.07, 6.45) is -3.04. The fourth-order valence-corrected chi connectivity index (χ4v) is 3.20. The molecular weight excluding hydrogens is 506 g/mol. The number of aliphatic hydroxyl groups is 1. The zero-order chi connectivity index (χ0) is 28.8. The molecule has 0 aliphatic rings. The minimum Gasteiger partial charge on any atom is -0.478 e. The van der Waals surface area contributed by atoms with Gasteiger partial charge in [0.05, 0.1) is 11.1 Å². The normalized spacial score (nSPS) is 12.7. The Morgan fingerprint density at radius 3 is 1.36 bits per heavy atom. The van der Waals surface area contributed by atoms with Crippen molar-refractivity contribution in [2.45, 2.75) is 31.3 Å². The largest absolute Gasteiger partial charge is 0.478 e. The van der Waals surface area contributed by atoms with Crippen molar-refractivity contribution in [1.29, 1.82) is 0 Å². The smallest absolute Gasteiger partial charge is 0.349 e. The summed E-state index contributed by atoms with van der Waals surface area (Å²) in [5, 5.41) is 28.0. The Balaban J connectivity index is 0.000000344. The molecule has 0 bridgehead atoms. The van der Waals surface area contributed by atoms with Gasteiger partial charge in [-0.05, 0) is 56.8 Å². The van der Waals surface area contributed by atoms with Gasteiger partial charge in [-0.2, -0.15) is 0 Å². The number of aryl methyl sites for hydroxylation is 1. The molecule has 0 heterocycles. The van der Waals surface area contributed by atoms with E-state index in [2.05, 4.69) is 12.1 Å². The van der Waals surface area contributed by atoms with E-state index in [0.29, 0.717) is 0 Å². The molecule has 10 nitrogen and oxygen atoms in total. The third-order valence-electron chi connectivity index (χ3n) is 5.38. The van der Waals surface area contributed by atoms with Crippen LogP contribution in [0.4, 0.5) is 0 Å². The molecule has 0 aliphatic heterocycles. The molecule has 0 aliphatic carbocycles. The van der Waals surface area contributed by atoms with Crippen LogP contribution < -0.4 is 0 Å². The summed E-state index contributed by atoms with van der Waals surface area (Å²) >= 11 is 0. The predicted octanol–water partition coefficient (Wildman–Crippen LogP) is 3.11. The molecule has 0 spiro atoms. The lowest BCUT2D eigenvalue weighted by Gasteiger charge is -2.21. The van der Waals surface area contributed by atoms with E-state index in [0.717, 1.165) is 12.8 Å². The van der Waals surface area contributed by atoms with Gasteiger partial charge in [0.25, 0.3) is 0 Å². The van der Waals surface area contributed by atoms with Gasteiger partial charge in [0, 0.05) is 0 Å². The highest BCUT2D eigenvalue weighted by atomic mass is 16.6. The van der Waals surface area contributed by atoms with Gasteiger partial charge in [-0.1, -0.05) is 66.7 Å². The van der Waals surface area contributed by atoms with Crippen molar-refractivity contribution in [2.24, 2.45) is 0 Å². The van der Waals surface area contributed by atoms with E-state index < -0.39 is 36.1 Å². The number of hydrogen-bond donors (Lipinski definition) is 3. The number of aliphatic hydroxyl groups excluding tert-OH is 1. The Hall–Kier alpha value is -4.54. The minimum absolute atomic E-state index is 0.0253. The predicted molar refractivity (Wildman–Crippen MR) is 141 cm³/mol. The molecule has 10 heteroatoms. The lowest BCUT2D eigenvalue weighted by atomic mass is 10.1. The number of esters is 2. The van der Waals surface area contributed by atoms with Crippen molar-refractivity contribution in [3.8, 4) is 0 Å². The summed E-state index contributed by atoms with van der Waals surface area (Å²) in [5.41, 5.74) is 1.33. The van der Waals surface area contributed by atoms with E-state index in [1.165, 1.54) is 54.1 Å². The molecule has 0 fully saturated rings. The summed E-state index contributed by atoms with van der Waals surface area (Å²) in [4.78, 5) is 48.7. The van der Waals surface area contributed by atoms with Gasteiger partial charge in [-0.3, -0.25) is 4.90 Å². The van der Waals surface area contributed by atoms with Crippen LogP contribution >= 0.6 is 0 Å². The first-order chi connectivity index (χ1) is 18.6. The van der Waals surface area contributed by atoms with Crippen molar-refractivity contribution in [3.05, 3.63) is 108 Å². The van der Waals surface area contributed by atoms with Gasteiger partial charge in [0.1, 0.15) is 6.23 Å². The van der Waals surface area contributed by atoms with E-state index in [4.69, 9.17) is 9.47 Å². The zero-order valence-electron chi connectivity index (χ0n) is 21.5. The molecule has 39 heavy (non-hydrogen) atoms. The molecule has 3 aromatic rings. The quantitative estimate of drug-likeness (QED) is 0.246. The number of carboxylic acids is 2. The van der Waals surface area contributed by atoms with Crippen LogP contribution in [0.2, 0.25) is 0 Å².